The van der Waals surface area contributed by atoms with E-state index >= 15 is 0 Å². The molecule has 1 radical (unpaired) electrons. The van der Waals surface area contributed by atoms with Crippen LogP contribution in [0.2, 0.25) is 0 Å². The first-order valence-electron chi connectivity index (χ1n) is 3.04. The molecule has 0 unspecified atom stereocenters. The maximum absolute atomic E-state index is 9.77. The van der Waals surface area contributed by atoms with Gasteiger partial charge in [0.2, 0.25) is 0 Å². The zero-order valence-corrected chi connectivity index (χ0v) is 5.55. The Labute approximate surface area is 51.1 Å². The average Bonchev–Trinajstić information content (AvgIpc) is 1.66. The van der Waals surface area contributed by atoms with Gasteiger partial charge in [0.25, 0.3) is 0 Å². The van der Waals surface area contributed by atoms with Gasteiger partial charge in [-0.25, -0.2) is 0 Å². The van der Waals surface area contributed by atoms with E-state index in [9.17, 15) is 4.79 Å². The molecule has 0 N–H and O–H groups in total. The van der Waals surface area contributed by atoms with Crippen LogP contribution >= 0.6 is 0 Å². The van der Waals surface area contributed by atoms with Crippen LogP contribution in [-0.2, 0) is 4.79 Å². The van der Waals surface area contributed by atoms with Crippen molar-refractivity contribution in [2.75, 3.05) is 0 Å². The Bertz CT molecular complexity index is 57.4. The number of carbonyl (C=O) groups is 1. The van der Waals surface area contributed by atoms with Crippen molar-refractivity contribution in [1.82, 2.24) is 0 Å². The lowest BCUT2D eigenvalue weighted by Crippen LogP contribution is -1.87. The van der Waals surface area contributed by atoms with Gasteiger partial charge in [-0.2, -0.15) is 0 Å². The van der Waals surface area contributed by atoms with Gasteiger partial charge in [-0.05, 0) is 18.8 Å². The molecule has 47 valence electrons. The maximum atomic E-state index is 9.77. The van der Waals surface area contributed by atoms with Crippen LogP contribution in [0.5, 0.6) is 0 Å². The fourth-order valence-corrected chi connectivity index (χ4v) is 0.498. The highest BCUT2D eigenvalue weighted by atomic mass is 16.1. The van der Waals surface area contributed by atoms with Gasteiger partial charge in [-0.15, -0.1) is 0 Å². The van der Waals surface area contributed by atoms with E-state index in [1.165, 1.54) is 0 Å². The minimum Gasteiger partial charge on any atom is -0.303 e. The molecule has 1 nitrogen and oxygen atoms in total. The second kappa shape index (κ2) is 4.82. The summed E-state index contributed by atoms with van der Waals surface area (Å²) in [6, 6.07) is 0. The van der Waals surface area contributed by atoms with E-state index in [1.54, 1.807) is 0 Å². The third kappa shape index (κ3) is 5.67. The molecule has 0 atom stereocenters. The summed E-state index contributed by atoms with van der Waals surface area (Å²) >= 11 is 0. The molecule has 0 aromatic heterocycles. The van der Waals surface area contributed by atoms with Crippen LogP contribution in [0.15, 0.2) is 0 Å². The van der Waals surface area contributed by atoms with Gasteiger partial charge in [-0.3, -0.25) is 0 Å². The quantitative estimate of drug-likeness (QED) is 0.401. The molecule has 0 fully saturated rings. The van der Waals surface area contributed by atoms with Gasteiger partial charge in [0.05, 0.1) is 0 Å². The smallest absolute Gasteiger partial charge is 0.120 e. The summed E-state index contributed by atoms with van der Waals surface area (Å²) in [6.45, 7) is 4.23. The lowest BCUT2D eigenvalue weighted by atomic mass is 10.1. The molecule has 0 rings (SSSR count). The van der Waals surface area contributed by atoms with Crippen LogP contribution in [0.1, 0.15) is 26.7 Å². The molecule has 0 aliphatic heterocycles. The molecule has 0 spiro atoms. The first-order chi connectivity index (χ1) is 3.77. The number of hydrogen-bond donors (Lipinski definition) is 0. The summed E-state index contributed by atoms with van der Waals surface area (Å²) in [5, 5.41) is 0. The van der Waals surface area contributed by atoms with Gasteiger partial charge >= 0.3 is 0 Å². The molecular weight excluding hydrogens is 100 g/mol. The highest BCUT2D eigenvalue weighted by Gasteiger charge is 1.91. The van der Waals surface area contributed by atoms with Crippen LogP contribution in [0, 0.1) is 12.3 Å². The van der Waals surface area contributed by atoms with Gasteiger partial charge in [0.15, 0.2) is 0 Å². The van der Waals surface area contributed by atoms with E-state index in [1.807, 2.05) is 0 Å². The highest BCUT2D eigenvalue weighted by molar-refractivity contribution is 5.49. The first-order valence-corrected chi connectivity index (χ1v) is 3.04. The summed E-state index contributed by atoms with van der Waals surface area (Å²) in [5.74, 6) is 0.620. The van der Waals surface area contributed by atoms with Gasteiger partial charge in [0, 0.05) is 6.42 Å². The molecule has 0 aliphatic carbocycles. The minimum absolute atomic E-state index is 0.620. The third-order valence-corrected chi connectivity index (χ3v) is 0.923. The zero-order chi connectivity index (χ0) is 6.41. The lowest BCUT2D eigenvalue weighted by Gasteiger charge is -1.98. The second-order valence-corrected chi connectivity index (χ2v) is 2.22. The summed E-state index contributed by atoms with van der Waals surface area (Å²) in [4.78, 5) is 9.77. The van der Waals surface area contributed by atoms with Crippen molar-refractivity contribution in [2.24, 2.45) is 5.92 Å². The van der Waals surface area contributed by atoms with Crippen molar-refractivity contribution < 1.29 is 4.79 Å². The van der Waals surface area contributed by atoms with E-state index in [2.05, 4.69) is 20.3 Å². The fraction of sp³-hybridized carbons (Fsp3) is 0.714. The van der Waals surface area contributed by atoms with Crippen LogP contribution < -0.4 is 0 Å². The first kappa shape index (κ1) is 7.67. The predicted molar refractivity (Wildman–Crippen MR) is 34.4 cm³/mol. The van der Waals surface area contributed by atoms with Gasteiger partial charge in [-0.1, -0.05) is 13.8 Å². The summed E-state index contributed by atoms with van der Waals surface area (Å²) in [6.07, 6.45) is 4.71. The number of unbranched alkanes of at least 4 members (excludes halogenated alkanes) is 1. The Morgan fingerprint density at radius 2 is 2.00 bits per heavy atom. The van der Waals surface area contributed by atoms with E-state index in [-0.39, 0.29) is 0 Å². The second-order valence-electron chi connectivity index (χ2n) is 2.22. The number of rotatable bonds is 4. The average molecular weight is 113 g/mol. The Kier molecular flexibility index (Phi) is 4.62. The third-order valence-electron chi connectivity index (χ3n) is 0.923. The fourth-order valence-electron chi connectivity index (χ4n) is 0.498. The summed E-state index contributed by atoms with van der Waals surface area (Å²) < 4.78 is 0. The molecule has 0 saturated carbocycles. The zero-order valence-electron chi connectivity index (χ0n) is 5.55. The van der Waals surface area contributed by atoms with Crippen molar-refractivity contribution in [1.29, 1.82) is 0 Å². The van der Waals surface area contributed by atoms with Crippen LogP contribution in [0.3, 0.4) is 0 Å². The number of carbonyl (C=O) groups excluding carboxylic acids is 1. The molecule has 0 amide bonds. The van der Waals surface area contributed by atoms with Gasteiger partial charge < -0.3 is 4.79 Å². The summed E-state index contributed by atoms with van der Waals surface area (Å²) in [7, 11) is 0. The van der Waals surface area contributed by atoms with Crippen molar-refractivity contribution in [3.8, 4) is 0 Å². The molecule has 0 aliphatic rings. The maximum Gasteiger partial charge on any atom is 0.120 e. The molecule has 8 heavy (non-hydrogen) atoms. The predicted octanol–water partition coefficient (Wildman–Crippen LogP) is 1.83. The SMILES string of the molecule is CC(C)[CH]CCC=O. The molecule has 1 heteroatoms. The number of hydrogen-bond acceptors (Lipinski definition) is 1. The molecule has 0 bridgehead atoms. The van der Waals surface area contributed by atoms with Crippen molar-refractivity contribution in [3.05, 3.63) is 6.42 Å². The highest BCUT2D eigenvalue weighted by Crippen LogP contribution is 2.02. The monoisotopic (exact) mass is 113 g/mol. The topological polar surface area (TPSA) is 17.1 Å². The molecule has 0 saturated heterocycles. The van der Waals surface area contributed by atoms with Crippen LogP contribution in [-0.4, -0.2) is 6.29 Å². The summed E-state index contributed by atoms with van der Waals surface area (Å²) in [5.41, 5.74) is 0. The van der Waals surface area contributed by atoms with E-state index < -0.39 is 0 Å². The Balaban J connectivity index is 2.81. The van der Waals surface area contributed by atoms with Crippen molar-refractivity contribution in [2.45, 2.75) is 26.7 Å². The molecule has 0 heterocycles. The van der Waals surface area contributed by atoms with E-state index in [0.29, 0.717) is 12.3 Å². The Hall–Kier alpha value is -0.330. The lowest BCUT2D eigenvalue weighted by molar-refractivity contribution is -0.107. The van der Waals surface area contributed by atoms with E-state index in [4.69, 9.17) is 0 Å². The van der Waals surface area contributed by atoms with Crippen LogP contribution in [0.25, 0.3) is 0 Å². The van der Waals surface area contributed by atoms with Gasteiger partial charge in [0.1, 0.15) is 6.29 Å². The number of aldehydes is 1. The standard InChI is InChI=1S/C7H13O/c1-7(2)5-3-4-6-8/h5-7H,3-4H2,1-2H3. The van der Waals surface area contributed by atoms with Crippen molar-refractivity contribution >= 4 is 6.29 Å². The Morgan fingerprint density at radius 1 is 1.38 bits per heavy atom. The molecule has 0 aromatic carbocycles. The largest absolute Gasteiger partial charge is 0.303 e. The Morgan fingerprint density at radius 3 is 2.38 bits per heavy atom. The molecule has 0 aromatic rings. The normalized spacial score (nSPS) is 9.88. The van der Waals surface area contributed by atoms with Crippen molar-refractivity contribution in [3.63, 3.8) is 0 Å². The van der Waals surface area contributed by atoms with Crippen LogP contribution in [0.4, 0.5) is 0 Å². The molecular formula is C7H13O. The minimum atomic E-state index is 0.620. The van der Waals surface area contributed by atoms with E-state index in [0.717, 1.165) is 12.7 Å².